The molecule has 0 spiro atoms. The van der Waals surface area contributed by atoms with E-state index < -0.39 is 9.84 Å². The van der Waals surface area contributed by atoms with Gasteiger partial charge in [-0.3, -0.25) is 0 Å². The highest BCUT2D eigenvalue weighted by Crippen LogP contribution is 2.23. The summed E-state index contributed by atoms with van der Waals surface area (Å²) in [6.45, 7) is 2.39. The van der Waals surface area contributed by atoms with Gasteiger partial charge >= 0.3 is 0 Å². The van der Waals surface area contributed by atoms with Gasteiger partial charge in [0.05, 0.1) is 11.1 Å². The Labute approximate surface area is 117 Å². The molecule has 19 heavy (non-hydrogen) atoms. The lowest BCUT2D eigenvalue weighted by Gasteiger charge is -2.09. The van der Waals surface area contributed by atoms with Crippen LogP contribution in [0.2, 0.25) is 0 Å². The molecule has 0 fully saturated rings. The Kier molecular flexibility index (Phi) is 4.10. The van der Waals surface area contributed by atoms with Crippen LogP contribution in [0.3, 0.4) is 0 Å². The van der Waals surface area contributed by atoms with Gasteiger partial charge in [0, 0.05) is 19.0 Å². The van der Waals surface area contributed by atoms with Crippen LogP contribution in [-0.2, 0) is 16.4 Å². The third-order valence-electron chi connectivity index (χ3n) is 2.79. The van der Waals surface area contributed by atoms with Crippen molar-refractivity contribution in [2.75, 3.05) is 12.0 Å². The predicted molar refractivity (Wildman–Crippen MR) is 76.1 cm³/mol. The largest absolute Gasteiger partial charge is 0.311 e. The van der Waals surface area contributed by atoms with E-state index in [1.165, 1.54) is 6.26 Å². The van der Waals surface area contributed by atoms with E-state index in [0.29, 0.717) is 13.0 Å². The molecule has 0 N–H and O–H groups in total. The van der Waals surface area contributed by atoms with Crippen molar-refractivity contribution < 1.29 is 8.42 Å². The van der Waals surface area contributed by atoms with E-state index in [1.807, 2.05) is 23.6 Å². The quantitative estimate of drug-likeness (QED) is 0.794. The Balaban J connectivity index is 2.31. The summed E-state index contributed by atoms with van der Waals surface area (Å²) in [5.74, 6) is 0.874. The van der Waals surface area contributed by atoms with Crippen LogP contribution in [0.1, 0.15) is 24.5 Å². The number of nitrogens with zero attached hydrogens (tertiary/aromatic N) is 3. The molecule has 0 aromatic carbocycles. The third kappa shape index (κ3) is 3.45. The van der Waals surface area contributed by atoms with Gasteiger partial charge in [0.1, 0.15) is 21.2 Å². The summed E-state index contributed by atoms with van der Waals surface area (Å²) in [5, 5.41) is -0.243. The smallest absolute Gasteiger partial charge is 0.160 e. The molecule has 0 amide bonds. The van der Waals surface area contributed by atoms with Gasteiger partial charge < -0.3 is 4.57 Å². The van der Waals surface area contributed by atoms with Crippen molar-refractivity contribution in [1.82, 2.24) is 14.5 Å². The van der Waals surface area contributed by atoms with E-state index in [0.717, 1.165) is 17.0 Å². The van der Waals surface area contributed by atoms with Crippen LogP contribution in [0.15, 0.2) is 18.3 Å². The van der Waals surface area contributed by atoms with Crippen LogP contribution < -0.4 is 0 Å². The Hall–Kier alpha value is -1.14. The molecule has 104 valence electrons. The van der Waals surface area contributed by atoms with Crippen molar-refractivity contribution in [3.05, 3.63) is 24.2 Å². The third-order valence-corrected chi connectivity index (χ3v) is 4.01. The van der Waals surface area contributed by atoms with Crippen LogP contribution >= 0.6 is 11.6 Å². The molecule has 5 nitrogen and oxygen atoms in total. The van der Waals surface area contributed by atoms with Crippen LogP contribution in [0.4, 0.5) is 0 Å². The zero-order chi connectivity index (χ0) is 14.0. The molecule has 0 aliphatic carbocycles. The van der Waals surface area contributed by atoms with E-state index in [-0.39, 0.29) is 11.1 Å². The first-order valence-electron chi connectivity index (χ1n) is 6.01. The van der Waals surface area contributed by atoms with Gasteiger partial charge in [0.2, 0.25) is 0 Å². The maximum absolute atomic E-state index is 11.2. The minimum Gasteiger partial charge on any atom is -0.311 e. The van der Waals surface area contributed by atoms with Gasteiger partial charge in [-0.1, -0.05) is 0 Å². The Morgan fingerprint density at radius 1 is 1.47 bits per heavy atom. The molecule has 0 aliphatic rings. The molecule has 0 saturated carbocycles. The molecule has 0 bridgehead atoms. The number of sulfone groups is 1. The monoisotopic (exact) mass is 301 g/mol. The van der Waals surface area contributed by atoms with Gasteiger partial charge in [-0.05, 0) is 25.5 Å². The lowest BCUT2D eigenvalue weighted by Crippen LogP contribution is -2.10. The summed E-state index contributed by atoms with van der Waals surface area (Å²) < 4.78 is 24.3. The highest BCUT2D eigenvalue weighted by atomic mass is 35.5. The first kappa shape index (κ1) is 14.3. The molecule has 2 aromatic rings. The van der Waals surface area contributed by atoms with E-state index >= 15 is 0 Å². The van der Waals surface area contributed by atoms with Gasteiger partial charge in [0.15, 0.2) is 5.65 Å². The maximum atomic E-state index is 11.2. The Morgan fingerprint density at radius 3 is 2.84 bits per heavy atom. The van der Waals surface area contributed by atoms with Crippen LogP contribution in [0, 0.1) is 0 Å². The summed E-state index contributed by atoms with van der Waals surface area (Å²) in [7, 11) is -2.95. The summed E-state index contributed by atoms with van der Waals surface area (Å²) >= 11 is 6.12. The number of fused-ring (bicyclic) bond motifs is 1. The lowest BCUT2D eigenvalue weighted by molar-refractivity contribution is 0.589. The second-order valence-electron chi connectivity index (χ2n) is 4.57. The number of imidazole rings is 1. The lowest BCUT2D eigenvalue weighted by atomic mass is 10.4. The standard InChI is InChI=1S/C12H16ClN3O2S/c1-9(13)11-15-10-5-3-6-14-12(10)16(11)7-4-8-19(2,17)18/h3,5-6,9H,4,7-8H2,1-2H3. The molecule has 2 aromatic heterocycles. The van der Waals surface area contributed by atoms with Crippen LogP contribution in [-0.4, -0.2) is 35.0 Å². The molecule has 2 rings (SSSR count). The second kappa shape index (κ2) is 5.46. The molecule has 2 heterocycles. The van der Waals surface area contributed by atoms with Crippen molar-refractivity contribution >= 4 is 32.6 Å². The molecular formula is C12H16ClN3O2S. The minimum absolute atomic E-state index is 0.148. The van der Waals surface area contributed by atoms with Crippen molar-refractivity contribution in [2.45, 2.75) is 25.3 Å². The highest BCUT2D eigenvalue weighted by Gasteiger charge is 2.15. The molecule has 0 aliphatic heterocycles. The zero-order valence-electron chi connectivity index (χ0n) is 10.9. The zero-order valence-corrected chi connectivity index (χ0v) is 12.4. The average molecular weight is 302 g/mol. The van der Waals surface area contributed by atoms with Crippen molar-refractivity contribution in [3.63, 3.8) is 0 Å². The summed E-state index contributed by atoms with van der Waals surface area (Å²) in [5.41, 5.74) is 1.53. The highest BCUT2D eigenvalue weighted by molar-refractivity contribution is 7.90. The van der Waals surface area contributed by atoms with E-state index in [9.17, 15) is 8.42 Å². The number of hydrogen-bond acceptors (Lipinski definition) is 4. The normalized spacial score (nSPS) is 13.8. The number of alkyl halides is 1. The Bertz CT molecular complexity index is 679. The van der Waals surface area contributed by atoms with E-state index in [2.05, 4.69) is 9.97 Å². The van der Waals surface area contributed by atoms with Crippen LogP contribution in [0.25, 0.3) is 11.2 Å². The van der Waals surface area contributed by atoms with Gasteiger partial charge in [-0.15, -0.1) is 11.6 Å². The van der Waals surface area contributed by atoms with E-state index in [4.69, 9.17) is 11.6 Å². The molecular weight excluding hydrogens is 286 g/mol. The summed E-state index contributed by atoms with van der Waals surface area (Å²) in [4.78, 5) is 8.74. The molecule has 1 unspecified atom stereocenters. The fourth-order valence-corrected chi connectivity index (χ4v) is 2.81. The minimum atomic E-state index is -2.95. The fourth-order valence-electron chi connectivity index (χ4n) is 1.98. The fraction of sp³-hybridized carbons (Fsp3) is 0.500. The number of rotatable bonds is 5. The number of pyridine rings is 1. The van der Waals surface area contributed by atoms with E-state index in [1.54, 1.807) is 6.20 Å². The summed E-state index contributed by atoms with van der Waals surface area (Å²) in [6.07, 6.45) is 3.46. The predicted octanol–water partition coefficient (Wildman–Crippen LogP) is 2.17. The summed E-state index contributed by atoms with van der Waals surface area (Å²) in [6, 6.07) is 3.69. The van der Waals surface area contributed by atoms with Crippen molar-refractivity contribution in [3.8, 4) is 0 Å². The number of hydrogen-bond donors (Lipinski definition) is 0. The maximum Gasteiger partial charge on any atom is 0.160 e. The molecule has 0 saturated heterocycles. The topological polar surface area (TPSA) is 64.8 Å². The first-order chi connectivity index (χ1) is 8.88. The van der Waals surface area contributed by atoms with Crippen molar-refractivity contribution in [1.29, 1.82) is 0 Å². The average Bonchev–Trinajstić information content (AvgIpc) is 2.67. The molecule has 0 radical (unpaired) electrons. The number of halogens is 1. The second-order valence-corrected chi connectivity index (χ2v) is 7.48. The van der Waals surface area contributed by atoms with Crippen LogP contribution in [0.5, 0.6) is 0 Å². The number of aryl methyl sites for hydroxylation is 1. The molecule has 7 heteroatoms. The van der Waals surface area contributed by atoms with Gasteiger partial charge in [0.25, 0.3) is 0 Å². The van der Waals surface area contributed by atoms with Gasteiger partial charge in [-0.2, -0.15) is 0 Å². The molecule has 1 atom stereocenters. The van der Waals surface area contributed by atoms with Crippen molar-refractivity contribution in [2.24, 2.45) is 0 Å². The van der Waals surface area contributed by atoms with Gasteiger partial charge in [-0.25, -0.2) is 18.4 Å². The number of aromatic nitrogens is 3. The first-order valence-corrected chi connectivity index (χ1v) is 8.51. The Morgan fingerprint density at radius 2 is 2.21 bits per heavy atom. The SMILES string of the molecule is CC(Cl)c1nc2cccnc2n1CCCS(C)(=O)=O.